The van der Waals surface area contributed by atoms with Crippen LogP contribution in [-0.4, -0.2) is 23.9 Å². The second-order valence-electron chi connectivity index (χ2n) is 4.11. The number of alkyl halides is 7. The predicted octanol–water partition coefficient (Wildman–Crippen LogP) is 3.84. The first-order chi connectivity index (χ1) is 10.5. The fraction of sp³-hybridized carbons (Fsp3) is 0.500. The molecule has 0 fully saturated rings. The zero-order chi connectivity index (χ0) is 17.8. The van der Waals surface area contributed by atoms with E-state index in [0.29, 0.717) is 0 Å². The second kappa shape index (κ2) is 7.24. The summed E-state index contributed by atoms with van der Waals surface area (Å²) >= 11 is 5.37. The first kappa shape index (κ1) is 19.3. The molecule has 0 aromatic carbocycles. The molecule has 11 heteroatoms. The highest BCUT2D eigenvalue weighted by molar-refractivity contribution is 6.17. The summed E-state index contributed by atoms with van der Waals surface area (Å²) in [5.74, 6) is -3.32. The molecule has 4 nitrogen and oxygen atoms in total. The van der Waals surface area contributed by atoms with Gasteiger partial charge in [-0.25, -0.2) is 4.98 Å². The van der Waals surface area contributed by atoms with E-state index >= 15 is 0 Å². The van der Waals surface area contributed by atoms with Crippen LogP contribution in [0.4, 0.5) is 26.3 Å². The van der Waals surface area contributed by atoms with Crippen LogP contribution in [0.3, 0.4) is 0 Å². The number of carbonyl (C=O) groups is 1. The van der Waals surface area contributed by atoms with Gasteiger partial charge in [-0.05, 0) is 18.6 Å². The van der Waals surface area contributed by atoms with Gasteiger partial charge >= 0.3 is 18.5 Å². The molecule has 23 heavy (non-hydrogen) atoms. The number of hydrogen-bond donors (Lipinski definition) is 0. The molecule has 0 N–H and O–H groups in total. The summed E-state index contributed by atoms with van der Waals surface area (Å²) in [5.41, 5.74) is -2.81. The highest BCUT2D eigenvalue weighted by Gasteiger charge is 2.42. The van der Waals surface area contributed by atoms with Crippen molar-refractivity contribution in [3.8, 4) is 5.88 Å². The fourth-order valence-electron chi connectivity index (χ4n) is 1.67. The van der Waals surface area contributed by atoms with Crippen molar-refractivity contribution in [3.05, 3.63) is 22.9 Å². The molecule has 0 spiro atoms. The number of nitrogens with zero attached hydrogens (tertiary/aromatic N) is 1. The largest absolute Gasteiger partial charge is 0.574 e. The van der Waals surface area contributed by atoms with Crippen LogP contribution in [0.25, 0.3) is 0 Å². The van der Waals surface area contributed by atoms with Gasteiger partial charge in [-0.15, -0.1) is 24.8 Å². The van der Waals surface area contributed by atoms with E-state index in [1.165, 1.54) is 6.92 Å². The summed E-state index contributed by atoms with van der Waals surface area (Å²) in [6.07, 6.45) is -11.2. The van der Waals surface area contributed by atoms with Crippen LogP contribution in [0, 0.1) is 0 Å². The molecule has 0 saturated carbocycles. The van der Waals surface area contributed by atoms with E-state index in [0.717, 1.165) is 6.07 Å². The molecule has 0 radical (unpaired) electrons. The SMILES string of the molecule is CCOC(=O)Cc1cc(CCl)c(C(F)(F)F)c(OC(F)(F)F)n1. The van der Waals surface area contributed by atoms with Crippen molar-refractivity contribution in [2.45, 2.75) is 31.8 Å². The van der Waals surface area contributed by atoms with E-state index in [-0.39, 0.29) is 12.3 Å². The molecular weight excluding hydrogens is 356 g/mol. The molecule has 1 heterocycles. The average Bonchev–Trinajstić information content (AvgIpc) is 2.34. The van der Waals surface area contributed by atoms with Crippen molar-refractivity contribution in [1.82, 2.24) is 4.98 Å². The number of pyridine rings is 1. The van der Waals surface area contributed by atoms with E-state index in [9.17, 15) is 31.1 Å². The lowest BCUT2D eigenvalue weighted by molar-refractivity contribution is -0.278. The molecule has 0 aliphatic heterocycles. The molecule has 0 unspecified atom stereocenters. The summed E-state index contributed by atoms with van der Waals surface area (Å²) in [7, 11) is 0. The summed E-state index contributed by atoms with van der Waals surface area (Å²) in [4.78, 5) is 14.4. The Bertz CT molecular complexity index is 573. The van der Waals surface area contributed by atoms with Crippen LogP contribution in [0.1, 0.15) is 23.7 Å². The highest BCUT2D eigenvalue weighted by atomic mass is 35.5. The Labute approximate surface area is 131 Å². The Kier molecular flexibility index (Phi) is 6.09. The summed E-state index contributed by atoms with van der Waals surface area (Å²) in [6, 6.07) is 0.788. The smallest absolute Gasteiger partial charge is 0.466 e. The normalized spacial score (nSPS) is 12.2. The number of rotatable bonds is 5. The van der Waals surface area contributed by atoms with Gasteiger partial charge in [-0.2, -0.15) is 13.2 Å². The first-order valence-corrected chi connectivity index (χ1v) is 6.58. The molecule has 1 aromatic heterocycles. The Hall–Kier alpha value is -1.71. The molecule has 0 aliphatic rings. The fourth-order valence-corrected chi connectivity index (χ4v) is 1.88. The van der Waals surface area contributed by atoms with Gasteiger partial charge < -0.3 is 9.47 Å². The van der Waals surface area contributed by atoms with E-state index in [2.05, 4.69) is 14.5 Å². The van der Waals surface area contributed by atoms with Crippen LogP contribution in [0.15, 0.2) is 6.07 Å². The number of esters is 1. The van der Waals surface area contributed by atoms with E-state index < -0.39 is 47.8 Å². The monoisotopic (exact) mass is 365 g/mol. The van der Waals surface area contributed by atoms with Gasteiger partial charge in [-0.1, -0.05) is 0 Å². The minimum atomic E-state index is -5.39. The van der Waals surface area contributed by atoms with E-state index in [1.807, 2.05) is 0 Å². The topological polar surface area (TPSA) is 48.4 Å². The number of ether oxygens (including phenoxy) is 2. The number of halogens is 7. The third kappa shape index (κ3) is 5.77. The Morgan fingerprint density at radius 1 is 1.26 bits per heavy atom. The van der Waals surface area contributed by atoms with Crippen LogP contribution < -0.4 is 4.74 Å². The number of hydrogen-bond acceptors (Lipinski definition) is 4. The summed E-state index contributed by atoms with van der Waals surface area (Å²) in [5, 5.41) is 0. The van der Waals surface area contributed by atoms with Gasteiger partial charge in [0.15, 0.2) is 0 Å². The Balaban J connectivity index is 3.38. The maximum Gasteiger partial charge on any atom is 0.574 e. The lowest BCUT2D eigenvalue weighted by atomic mass is 10.1. The van der Waals surface area contributed by atoms with Crippen LogP contribution in [-0.2, 0) is 28.0 Å². The highest BCUT2D eigenvalue weighted by Crippen LogP contribution is 2.40. The van der Waals surface area contributed by atoms with Crippen molar-refractivity contribution in [1.29, 1.82) is 0 Å². The molecule has 0 amide bonds. The molecule has 1 aromatic rings. The zero-order valence-corrected chi connectivity index (χ0v) is 12.3. The van der Waals surface area contributed by atoms with E-state index in [4.69, 9.17) is 11.6 Å². The average molecular weight is 366 g/mol. The predicted molar refractivity (Wildman–Crippen MR) is 65.8 cm³/mol. The minimum Gasteiger partial charge on any atom is -0.466 e. The van der Waals surface area contributed by atoms with Crippen LogP contribution in [0.2, 0.25) is 0 Å². The quantitative estimate of drug-likeness (QED) is 0.452. The minimum absolute atomic E-state index is 0.00621. The summed E-state index contributed by atoms with van der Waals surface area (Å²) in [6.45, 7) is 1.48. The van der Waals surface area contributed by atoms with Crippen molar-refractivity contribution < 1.29 is 40.6 Å². The Morgan fingerprint density at radius 2 is 1.87 bits per heavy atom. The lowest BCUT2D eigenvalue weighted by Gasteiger charge is -2.18. The molecule has 130 valence electrons. The standard InChI is InChI=1S/C12H10ClF6NO3/c1-2-22-8(21)4-7-3-6(5-13)9(11(14,15)16)10(20-7)23-12(17,18)19/h3H,2,4-5H2,1H3. The zero-order valence-electron chi connectivity index (χ0n) is 11.5. The van der Waals surface area contributed by atoms with Gasteiger partial charge in [0, 0.05) is 5.88 Å². The third-order valence-corrected chi connectivity index (χ3v) is 2.68. The van der Waals surface area contributed by atoms with Gasteiger partial charge in [-0.3, -0.25) is 4.79 Å². The number of carbonyl (C=O) groups excluding carboxylic acids is 1. The van der Waals surface area contributed by atoms with Crippen molar-refractivity contribution in [2.24, 2.45) is 0 Å². The van der Waals surface area contributed by atoms with Crippen molar-refractivity contribution >= 4 is 17.6 Å². The molecule has 0 bridgehead atoms. The third-order valence-electron chi connectivity index (χ3n) is 2.39. The molecule has 0 atom stereocenters. The molecule has 0 saturated heterocycles. The van der Waals surface area contributed by atoms with Gasteiger partial charge in [0.1, 0.15) is 5.56 Å². The van der Waals surface area contributed by atoms with Crippen LogP contribution in [0.5, 0.6) is 5.88 Å². The Morgan fingerprint density at radius 3 is 2.30 bits per heavy atom. The van der Waals surface area contributed by atoms with Gasteiger partial charge in [0.25, 0.3) is 0 Å². The number of aromatic nitrogens is 1. The maximum absolute atomic E-state index is 12.9. The second-order valence-corrected chi connectivity index (χ2v) is 4.38. The molecule has 0 aliphatic carbocycles. The van der Waals surface area contributed by atoms with Crippen molar-refractivity contribution in [3.63, 3.8) is 0 Å². The molecule has 1 rings (SSSR count). The van der Waals surface area contributed by atoms with Crippen molar-refractivity contribution in [2.75, 3.05) is 6.61 Å². The summed E-state index contributed by atoms with van der Waals surface area (Å²) < 4.78 is 83.7. The van der Waals surface area contributed by atoms with Crippen LogP contribution >= 0.6 is 11.6 Å². The first-order valence-electron chi connectivity index (χ1n) is 6.05. The lowest BCUT2D eigenvalue weighted by Crippen LogP contribution is -2.23. The molecular formula is C12H10ClF6NO3. The van der Waals surface area contributed by atoms with Gasteiger partial charge in [0.05, 0.1) is 18.7 Å². The maximum atomic E-state index is 12.9. The van der Waals surface area contributed by atoms with Gasteiger partial charge in [0.2, 0.25) is 5.88 Å². The van der Waals surface area contributed by atoms with E-state index in [1.54, 1.807) is 0 Å².